The minimum atomic E-state index is -4.32. The van der Waals surface area contributed by atoms with Crippen molar-refractivity contribution in [2.75, 3.05) is 4.31 Å². The molecule has 0 aliphatic carbocycles. The Morgan fingerprint density at radius 2 is 1.66 bits per heavy atom. The van der Waals surface area contributed by atoms with E-state index >= 15 is 0 Å². The lowest BCUT2D eigenvalue weighted by Gasteiger charge is -2.31. The predicted molar refractivity (Wildman–Crippen MR) is 150 cm³/mol. The number of halogens is 2. The fourth-order valence-electron chi connectivity index (χ4n) is 4.56. The molecule has 3 aromatic rings. The minimum Gasteiger partial charge on any atom is -0.455 e. The van der Waals surface area contributed by atoms with Gasteiger partial charge in [0.05, 0.1) is 5.69 Å². The van der Waals surface area contributed by atoms with Gasteiger partial charge in [0.2, 0.25) is 10.0 Å². The van der Waals surface area contributed by atoms with E-state index in [4.69, 9.17) is 27.9 Å². The van der Waals surface area contributed by atoms with Crippen molar-refractivity contribution >= 4 is 50.7 Å². The van der Waals surface area contributed by atoms with E-state index in [1.54, 1.807) is 36.4 Å². The van der Waals surface area contributed by atoms with Crippen LogP contribution in [0.2, 0.25) is 10.0 Å². The third-order valence-electron chi connectivity index (χ3n) is 6.40. The van der Waals surface area contributed by atoms with Crippen molar-refractivity contribution in [3.05, 3.63) is 112 Å². The second kappa shape index (κ2) is 11.3. The van der Waals surface area contributed by atoms with Gasteiger partial charge in [0.25, 0.3) is 0 Å². The minimum absolute atomic E-state index is 0.118. The lowest BCUT2D eigenvalue weighted by Crippen LogP contribution is -2.46. The molecule has 0 saturated carbocycles. The van der Waals surface area contributed by atoms with Gasteiger partial charge in [-0.05, 0) is 55.3 Å². The normalized spacial score (nSPS) is 17.5. The average molecular weight is 573 g/mol. The molecule has 38 heavy (non-hydrogen) atoms. The van der Waals surface area contributed by atoms with Crippen LogP contribution in [0.15, 0.2) is 79.4 Å². The smallest absolute Gasteiger partial charge is 0.306 e. The zero-order chi connectivity index (χ0) is 27.6. The maximum absolute atomic E-state index is 14.4. The van der Waals surface area contributed by atoms with E-state index in [9.17, 15) is 18.0 Å². The molecule has 0 bridgehead atoms. The number of rotatable bonds is 9. The first kappa shape index (κ1) is 27.9. The van der Waals surface area contributed by atoms with Gasteiger partial charge < -0.3 is 4.74 Å². The first-order valence-corrected chi connectivity index (χ1v) is 14.4. The summed E-state index contributed by atoms with van der Waals surface area (Å²) in [4.78, 5) is 26.7. The summed E-state index contributed by atoms with van der Waals surface area (Å²) in [7, 11) is -4.32. The topological polar surface area (TPSA) is 80.8 Å². The van der Waals surface area contributed by atoms with Crippen molar-refractivity contribution in [1.29, 1.82) is 0 Å². The molecule has 0 amide bonds. The van der Waals surface area contributed by atoms with Gasteiger partial charge in [-0.15, -0.1) is 6.58 Å². The quantitative estimate of drug-likeness (QED) is 0.157. The molecular formula is C29H27Cl2NO5S. The molecule has 1 aliphatic rings. The molecule has 3 unspecified atom stereocenters. The molecule has 0 radical (unpaired) electrons. The standard InChI is InChI=1S/C29H27Cl2NO5S/c1-4-6-26(33)37-29-23-16-15-22(31)17-24(23)32(27(29)28(34)20-11-13-21(30)14-12-20)38(35,36)25(5-2)19-9-7-18(3)8-10-19/h5,7-17,25,27,29H,2,4,6H2,1,3H3. The third kappa shape index (κ3) is 5.37. The molecule has 0 spiro atoms. The van der Waals surface area contributed by atoms with Crippen molar-refractivity contribution in [3.8, 4) is 0 Å². The summed E-state index contributed by atoms with van der Waals surface area (Å²) in [5.41, 5.74) is 2.23. The molecule has 198 valence electrons. The number of fused-ring (bicyclic) bond motifs is 1. The Morgan fingerprint density at radius 3 is 2.26 bits per heavy atom. The fraction of sp³-hybridized carbons (Fsp3) is 0.241. The van der Waals surface area contributed by atoms with Crippen LogP contribution in [0.25, 0.3) is 0 Å². The highest BCUT2D eigenvalue weighted by Gasteiger charge is 2.52. The first-order chi connectivity index (χ1) is 18.1. The SMILES string of the molecule is C=CC(c1ccc(C)cc1)S(=O)(=O)N1c2cc(Cl)ccc2C(OC(=O)CCC)C1C(=O)c1ccc(Cl)cc1. The maximum atomic E-state index is 14.4. The van der Waals surface area contributed by atoms with E-state index in [1.807, 2.05) is 26.0 Å². The van der Waals surface area contributed by atoms with Crippen molar-refractivity contribution in [1.82, 2.24) is 0 Å². The molecule has 0 saturated heterocycles. The zero-order valence-electron chi connectivity index (χ0n) is 20.9. The predicted octanol–water partition coefficient (Wildman–Crippen LogP) is 7.01. The number of carbonyl (C=O) groups excluding carboxylic acids is 2. The van der Waals surface area contributed by atoms with Crippen LogP contribution in [0.3, 0.4) is 0 Å². The molecule has 6 nitrogen and oxygen atoms in total. The van der Waals surface area contributed by atoms with E-state index in [-0.39, 0.29) is 22.7 Å². The zero-order valence-corrected chi connectivity index (χ0v) is 23.3. The van der Waals surface area contributed by atoms with Crippen LogP contribution in [-0.4, -0.2) is 26.2 Å². The van der Waals surface area contributed by atoms with Crippen LogP contribution >= 0.6 is 23.2 Å². The summed E-state index contributed by atoms with van der Waals surface area (Å²) < 4.78 is 35.6. The Labute approximate surface area is 232 Å². The Hall–Kier alpha value is -3.13. The highest BCUT2D eigenvalue weighted by molar-refractivity contribution is 7.93. The number of nitrogens with zero attached hydrogens (tertiary/aromatic N) is 1. The highest BCUT2D eigenvalue weighted by Crippen LogP contribution is 2.48. The van der Waals surface area contributed by atoms with Crippen molar-refractivity contribution in [3.63, 3.8) is 0 Å². The molecule has 3 atom stereocenters. The van der Waals surface area contributed by atoms with Crippen LogP contribution in [0, 0.1) is 6.92 Å². The lowest BCUT2D eigenvalue weighted by molar-refractivity contribution is -0.149. The number of esters is 1. The fourth-order valence-corrected chi connectivity index (χ4v) is 6.79. The highest BCUT2D eigenvalue weighted by atomic mass is 35.5. The number of ether oxygens (including phenoxy) is 1. The lowest BCUT2D eigenvalue weighted by atomic mass is 9.98. The molecular weight excluding hydrogens is 545 g/mol. The molecule has 0 aromatic heterocycles. The molecule has 9 heteroatoms. The number of Topliss-reactive ketones (excluding diaryl/α,β-unsaturated/α-hetero) is 1. The second-order valence-electron chi connectivity index (χ2n) is 9.09. The summed E-state index contributed by atoms with van der Waals surface area (Å²) in [6, 6.07) is 16.4. The van der Waals surface area contributed by atoms with E-state index in [0.29, 0.717) is 22.6 Å². The summed E-state index contributed by atoms with van der Waals surface area (Å²) in [6.45, 7) is 7.51. The van der Waals surface area contributed by atoms with Gasteiger partial charge in [-0.1, -0.05) is 72.1 Å². The average Bonchev–Trinajstić information content (AvgIpc) is 3.19. The number of carbonyl (C=O) groups is 2. The summed E-state index contributed by atoms with van der Waals surface area (Å²) in [6.07, 6.45) is 0.794. The number of ketones is 1. The van der Waals surface area contributed by atoms with Crippen LogP contribution in [0.1, 0.15) is 58.2 Å². The molecule has 1 aliphatic heterocycles. The van der Waals surface area contributed by atoms with Gasteiger partial charge in [0.15, 0.2) is 11.9 Å². The van der Waals surface area contributed by atoms with Gasteiger partial charge in [-0.25, -0.2) is 8.42 Å². The molecule has 4 rings (SSSR count). The van der Waals surface area contributed by atoms with Crippen LogP contribution < -0.4 is 4.31 Å². The van der Waals surface area contributed by atoms with Crippen molar-refractivity contribution in [2.45, 2.75) is 44.1 Å². The number of benzene rings is 3. The monoisotopic (exact) mass is 571 g/mol. The number of hydrogen-bond donors (Lipinski definition) is 0. The van der Waals surface area contributed by atoms with E-state index in [0.717, 1.165) is 9.87 Å². The molecule has 1 heterocycles. The van der Waals surface area contributed by atoms with Gasteiger partial charge in [-0.2, -0.15) is 0 Å². The first-order valence-electron chi connectivity index (χ1n) is 12.1. The summed E-state index contributed by atoms with van der Waals surface area (Å²) in [5.74, 6) is -1.08. The van der Waals surface area contributed by atoms with Crippen molar-refractivity contribution in [2.24, 2.45) is 0 Å². The van der Waals surface area contributed by atoms with Gasteiger partial charge in [-0.3, -0.25) is 13.9 Å². The van der Waals surface area contributed by atoms with Crippen LogP contribution in [0.4, 0.5) is 5.69 Å². The van der Waals surface area contributed by atoms with Gasteiger partial charge in [0.1, 0.15) is 11.3 Å². The Morgan fingerprint density at radius 1 is 1.03 bits per heavy atom. The largest absolute Gasteiger partial charge is 0.455 e. The molecule has 0 N–H and O–H groups in total. The number of sulfonamides is 1. The van der Waals surface area contributed by atoms with Crippen LogP contribution in [0.5, 0.6) is 0 Å². The van der Waals surface area contributed by atoms with E-state index < -0.39 is 39.2 Å². The van der Waals surface area contributed by atoms with Gasteiger partial charge >= 0.3 is 5.97 Å². The molecule has 3 aromatic carbocycles. The Balaban J connectivity index is 1.92. The second-order valence-corrected chi connectivity index (χ2v) is 11.9. The van der Waals surface area contributed by atoms with E-state index in [2.05, 4.69) is 6.58 Å². The third-order valence-corrected chi connectivity index (χ3v) is 8.97. The Bertz CT molecular complexity index is 1470. The van der Waals surface area contributed by atoms with Crippen molar-refractivity contribution < 1.29 is 22.7 Å². The molecule has 0 fully saturated rings. The Kier molecular flexibility index (Phi) is 8.31. The van der Waals surface area contributed by atoms with Gasteiger partial charge in [0, 0.05) is 27.6 Å². The number of hydrogen-bond acceptors (Lipinski definition) is 5. The summed E-state index contributed by atoms with van der Waals surface area (Å²) >= 11 is 12.3. The maximum Gasteiger partial charge on any atom is 0.306 e. The van der Waals surface area contributed by atoms with Crippen LogP contribution in [-0.2, 0) is 19.6 Å². The number of anilines is 1. The van der Waals surface area contributed by atoms with E-state index in [1.165, 1.54) is 24.3 Å². The summed E-state index contributed by atoms with van der Waals surface area (Å²) in [5, 5.41) is -0.488. The number of aryl methyl sites for hydroxylation is 1.